The number of nitrogens with zero attached hydrogens (tertiary/aromatic N) is 3. The van der Waals surface area contributed by atoms with Crippen molar-refractivity contribution in [2.24, 2.45) is 0 Å². The molecule has 0 bridgehead atoms. The maximum absolute atomic E-state index is 14.2. The van der Waals surface area contributed by atoms with Crippen LogP contribution in [0.4, 0.5) is 11.6 Å². The lowest BCUT2D eigenvalue weighted by Crippen LogP contribution is -2.43. The van der Waals surface area contributed by atoms with Gasteiger partial charge in [-0.15, -0.1) is 5.54 Å². The SMILES string of the molecule is COC(=O)c1c(C#C[Si](C(C)C)(C(C)C)C(C)C)c2cnc(Nc3ccccc3OC)nc2n(-c2ccccc2)c1=O. The lowest BCUT2D eigenvalue weighted by molar-refractivity contribution is 0.0598. The second-order valence-corrected chi connectivity index (χ2v) is 16.7. The first-order valence-electron chi connectivity index (χ1n) is 14.1. The molecule has 0 atom stereocenters. The van der Waals surface area contributed by atoms with E-state index in [0.717, 1.165) is 0 Å². The molecule has 2 heterocycles. The summed E-state index contributed by atoms with van der Waals surface area (Å²) in [6.45, 7) is 13.3. The fraction of sp³-hybridized carbons (Fsp3) is 0.333. The molecule has 0 aliphatic rings. The predicted octanol–water partition coefficient (Wildman–Crippen LogP) is 6.89. The Kier molecular flexibility index (Phi) is 9.17. The van der Waals surface area contributed by atoms with Crippen LogP contribution in [0.15, 0.2) is 65.6 Å². The van der Waals surface area contributed by atoms with Crippen LogP contribution in [-0.2, 0) is 4.74 Å². The maximum Gasteiger partial charge on any atom is 0.344 e. The van der Waals surface area contributed by atoms with Crippen molar-refractivity contribution in [3.05, 3.63) is 82.3 Å². The van der Waals surface area contributed by atoms with E-state index < -0.39 is 19.6 Å². The number of rotatable bonds is 8. The minimum atomic E-state index is -2.22. The highest BCUT2D eigenvalue weighted by Crippen LogP contribution is 2.41. The lowest BCUT2D eigenvalue weighted by atomic mass is 10.1. The van der Waals surface area contributed by atoms with Gasteiger partial charge in [0.15, 0.2) is 5.65 Å². The molecule has 0 saturated carbocycles. The summed E-state index contributed by atoms with van der Waals surface area (Å²) in [6, 6.07) is 16.5. The van der Waals surface area contributed by atoms with Crippen molar-refractivity contribution in [1.82, 2.24) is 14.5 Å². The summed E-state index contributed by atoms with van der Waals surface area (Å²) in [5.74, 6) is 3.47. The van der Waals surface area contributed by atoms with Gasteiger partial charge in [0.25, 0.3) is 5.56 Å². The number of hydrogen-bond donors (Lipinski definition) is 1. The van der Waals surface area contributed by atoms with Gasteiger partial charge in [0.2, 0.25) is 5.95 Å². The van der Waals surface area contributed by atoms with Crippen molar-refractivity contribution in [2.75, 3.05) is 19.5 Å². The molecule has 0 amide bonds. The normalized spacial score (nSPS) is 11.5. The molecular formula is C33H38N4O4Si. The number of para-hydroxylation sites is 3. The molecule has 42 heavy (non-hydrogen) atoms. The number of hydrogen-bond acceptors (Lipinski definition) is 7. The Labute approximate surface area is 248 Å². The molecule has 4 aromatic rings. The highest BCUT2D eigenvalue weighted by molar-refractivity contribution is 6.90. The monoisotopic (exact) mass is 582 g/mol. The second kappa shape index (κ2) is 12.6. The molecule has 0 aliphatic heterocycles. The summed E-state index contributed by atoms with van der Waals surface area (Å²) >= 11 is 0. The summed E-state index contributed by atoms with van der Waals surface area (Å²) in [7, 11) is 0.630. The van der Waals surface area contributed by atoms with Crippen molar-refractivity contribution in [3.8, 4) is 22.9 Å². The minimum absolute atomic E-state index is 0.130. The van der Waals surface area contributed by atoms with E-state index in [1.807, 2.05) is 42.5 Å². The van der Waals surface area contributed by atoms with E-state index in [9.17, 15) is 9.59 Å². The van der Waals surface area contributed by atoms with Crippen LogP contribution >= 0.6 is 0 Å². The average molecular weight is 583 g/mol. The van der Waals surface area contributed by atoms with Gasteiger partial charge in [-0.2, -0.15) is 4.98 Å². The van der Waals surface area contributed by atoms with Crippen LogP contribution in [0, 0.1) is 11.5 Å². The van der Waals surface area contributed by atoms with E-state index in [1.54, 1.807) is 25.4 Å². The van der Waals surface area contributed by atoms with Gasteiger partial charge in [0.05, 0.1) is 36.5 Å². The molecule has 0 fully saturated rings. The van der Waals surface area contributed by atoms with Crippen molar-refractivity contribution >= 4 is 36.7 Å². The predicted molar refractivity (Wildman–Crippen MR) is 171 cm³/mol. The molecule has 0 unspecified atom stereocenters. The standard InChI is InChI=1S/C33H38N4O4Si/c1-21(2)42(22(3)4,23(5)6)19-18-25-26-20-34-33(35-27-16-12-13-17-28(27)40-7)36-30(26)37(24-14-10-9-11-15-24)31(38)29(25)32(39)41-8/h9-17,20-23H,1-8H3,(H,34,35,36). The zero-order valence-corrected chi connectivity index (χ0v) is 26.5. The summed E-state index contributed by atoms with van der Waals surface area (Å²) in [5.41, 5.74) is 5.87. The molecule has 0 saturated heterocycles. The number of ether oxygens (including phenoxy) is 2. The molecule has 2 aromatic heterocycles. The van der Waals surface area contributed by atoms with Gasteiger partial charge in [-0.3, -0.25) is 9.36 Å². The van der Waals surface area contributed by atoms with Crippen LogP contribution < -0.4 is 15.6 Å². The minimum Gasteiger partial charge on any atom is -0.495 e. The van der Waals surface area contributed by atoms with Crippen molar-refractivity contribution in [2.45, 2.75) is 58.2 Å². The molecule has 8 nitrogen and oxygen atoms in total. The number of carbonyl (C=O) groups excluding carboxylic acids is 1. The summed E-state index contributed by atoms with van der Waals surface area (Å²) < 4.78 is 12.0. The van der Waals surface area contributed by atoms with Crippen LogP contribution in [0.1, 0.15) is 57.5 Å². The van der Waals surface area contributed by atoms with Gasteiger partial charge >= 0.3 is 5.97 Å². The van der Waals surface area contributed by atoms with Crippen LogP contribution in [0.3, 0.4) is 0 Å². The first kappa shape index (κ1) is 30.5. The molecular weight excluding hydrogens is 544 g/mol. The lowest BCUT2D eigenvalue weighted by Gasteiger charge is -2.38. The molecule has 0 aliphatic carbocycles. The molecule has 4 rings (SSSR count). The Morgan fingerprint density at radius 1 is 0.929 bits per heavy atom. The van der Waals surface area contributed by atoms with E-state index in [2.05, 4.69) is 63.3 Å². The first-order valence-corrected chi connectivity index (χ1v) is 16.3. The summed E-state index contributed by atoms with van der Waals surface area (Å²) in [6.07, 6.45) is 1.61. The number of aromatic nitrogens is 3. The van der Waals surface area contributed by atoms with Crippen LogP contribution in [0.25, 0.3) is 16.7 Å². The number of methoxy groups -OCH3 is 2. The van der Waals surface area contributed by atoms with Crippen LogP contribution in [0.5, 0.6) is 5.75 Å². The highest BCUT2D eigenvalue weighted by Gasteiger charge is 2.42. The number of carbonyl (C=O) groups is 1. The van der Waals surface area contributed by atoms with Crippen molar-refractivity contribution < 1.29 is 14.3 Å². The van der Waals surface area contributed by atoms with Crippen molar-refractivity contribution in [3.63, 3.8) is 0 Å². The zero-order valence-electron chi connectivity index (χ0n) is 25.5. The fourth-order valence-corrected chi connectivity index (χ4v) is 11.1. The number of fused-ring (bicyclic) bond motifs is 1. The number of pyridine rings is 1. The number of nitrogens with one attached hydrogen (secondary N) is 1. The molecule has 1 N–H and O–H groups in total. The fourth-order valence-electron chi connectivity index (χ4n) is 5.94. The molecule has 0 spiro atoms. The third-order valence-electron chi connectivity index (χ3n) is 7.94. The Hall–Kier alpha value is -4.42. The van der Waals surface area contributed by atoms with Crippen molar-refractivity contribution in [1.29, 1.82) is 0 Å². The third kappa shape index (κ3) is 5.55. The van der Waals surface area contributed by atoms with E-state index in [4.69, 9.17) is 14.5 Å². The Morgan fingerprint density at radius 2 is 1.55 bits per heavy atom. The van der Waals surface area contributed by atoms with Crippen LogP contribution in [0.2, 0.25) is 16.6 Å². The average Bonchev–Trinajstić information content (AvgIpc) is 2.97. The zero-order chi connectivity index (χ0) is 30.6. The van der Waals surface area contributed by atoms with Gasteiger partial charge in [0.1, 0.15) is 19.4 Å². The summed E-state index contributed by atoms with van der Waals surface area (Å²) in [5, 5.41) is 3.68. The van der Waals surface area contributed by atoms with Gasteiger partial charge in [-0.25, -0.2) is 9.78 Å². The Bertz CT molecular complexity index is 1700. The van der Waals surface area contributed by atoms with Gasteiger partial charge in [-0.1, -0.05) is 77.8 Å². The molecule has 9 heteroatoms. The number of esters is 1. The van der Waals surface area contributed by atoms with E-state index in [1.165, 1.54) is 11.7 Å². The van der Waals surface area contributed by atoms with Gasteiger partial charge in [-0.05, 0) is 40.9 Å². The van der Waals surface area contributed by atoms with E-state index in [-0.39, 0.29) is 17.1 Å². The van der Waals surface area contributed by atoms with Crippen LogP contribution in [-0.4, -0.2) is 42.8 Å². The molecule has 218 valence electrons. The summed E-state index contributed by atoms with van der Waals surface area (Å²) in [4.78, 5) is 36.8. The topological polar surface area (TPSA) is 95.3 Å². The van der Waals surface area contributed by atoms with E-state index in [0.29, 0.717) is 44.8 Å². The second-order valence-electron chi connectivity index (χ2n) is 11.1. The number of anilines is 2. The highest BCUT2D eigenvalue weighted by atomic mass is 28.3. The third-order valence-corrected chi connectivity index (χ3v) is 14.2. The van der Waals surface area contributed by atoms with Gasteiger partial charge < -0.3 is 14.8 Å². The van der Waals surface area contributed by atoms with E-state index >= 15 is 0 Å². The quantitative estimate of drug-likeness (QED) is 0.137. The molecule has 2 aromatic carbocycles. The maximum atomic E-state index is 14.2. The number of benzene rings is 2. The largest absolute Gasteiger partial charge is 0.495 e. The first-order chi connectivity index (χ1) is 20.1. The molecule has 0 radical (unpaired) electrons. The smallest absolute Gasteiger partial charge is 0.344 e. The Balaban J connectivity index is 2.10. The Morgan fingerprint density at radius 3 is 2.14 bits per heavy atom. The van der Waals surface area contributed by atoms with Gasteiger partial charge in [0, 0.05) is 6.20 Å².